The summed E-state index contributed by atoms with van der Waals surface area (Å²) in [6.45, 7) is 10.9. The van der Waals surface area contributed by atoms with Crippen molar-refractivity contribution in [3.63, 3.8) is 0 Å². The number of hydrogen-bond donors (Lipinski definition) is 3. The van der Waals surface area contributed by atoms with Crippen molar-refractivity contribution in [1.29, 1.82) is 0 Å². The molecule has 2 aliphatic heterocycles. The SMILES string of the molecule is CCO[C@@H]1C[C@@H]2CN(C(=O)[C@@H](NC(=O)[C@@H](C)CN(C(=O)O)C(C)(C)C)C3CCCCC3)[C@H](C(=O)Nc3snnc3-c3ccccc3)CN2C1. The topological polar surface area (TPSA) is 157 Å². The van der Waals surface area contributed by atoms with Crippen LogP contribution in [0.15, 0.2) is 30.3 Å². The van der Waals surface area contributed by atoms with Crippen LogP contribution in [0.3, 0.4) is 0 Å². The summed E-state index contributed by atoms with van der Waals surface area (Å²) in [5.41, 5.74) is 0.688. The van der Waals surface area contributed by atoms with Crippen LogP contribution >= 0.6 is 11.5 Å². The fraction of sp³-hybridized carbons (Fsp3) is 0.657. The molecule has 49 heavy (non-hydrogen) atoms. The van der Waals surface area contributed by atoms with Crippen LogP contribution in [-0.2, 0) is 19.1 Å². The number of carbonyl (C=O) groups excluding carboxylic acids is 3. The third kappa shape index (κ3) is 8.76. The number of rotatable bonds is 11. The number of hydrogen-bond acceptors (Lipinski definition) is 9. The molecule has 268 valence electrons. The Morgan fingerprint density at radius 3 is 2.45 bits per heavy atom. The highest BCUT2D eigenvalue weighted by Gasteiger charge is 2.47. The van der Waals surface area contributed by atoms with Crippen LogP contribution in [0.5, 0.6) is 0 Å². The molecule has 0 spiro atoms. The molecule has 3 heterocycles. The number of anilines is 1. The number of carbonyl (C=O) groups is 4. The lowest BCUT2D eigenvalue weighted by molar-refractivity contribution is -0.148. The lowest BCUT2D eigenvalue weighted by atomic mass is 9.82. The first-order valence-electron chi connectivity index (χ1n) is 17.5. The predicted molar refractivity (Wildman–Crippen MR) is 187 cm³/mol. The van der Waals surface area contributed by atoms with Gasteiger partial charge in [-0.3, -0.25) is 19.3 Å². The highest BCUT2D eigenvalue weighted by Crippen LogP contribution is 2.33. The zero-order valence-corrected chi connectivity index (χ0v) is 30.1. The van der Waals surface area contributed by atoms with Crippen LogP contribution in [0.2, 0.25) is 0 Å². The highest BCUT2D eigenvalue weighted by atomic mass is 32.1. The van der Waals surface area contributed by atoms with E-state index in [1.807, 2.05) is 37.3 Å². The Balaban J connectivity index is 1.41. The van der Waals surface area contributed by atoms with Gasteiger partial charge in [0.1, 0.15) is 22.8 Å². The molecule has 2 aromatic rings. The van der Waals surface area contributed by atoms with Crippen molar-refractivity contribution in [1.82, 2.24) is 29.6 Å². The molecular weight excluding hydrogens is 646 g/mol. The number of piperazine rings is 1. The van der Waals surface area contributed by atoms with Crippen molar-refractivity contribution in [2.24, 2.45) is 11.8 Å². The lowest BCUT2D eigenvalue weighted by Gasteiger charge is -2.45. The van der Waals surface area contributed by atoms with E-state index in [9.17, 15) is 24.3 Å². The number of aromatic nitrogens is 2. The smallest absolute Gasteiger partial charge is 0.407 e. The Kier molecular flexibility index (Phi) is 11.9. The van der Waals surface area contributed by atoms with E-state index >= 15 is 0 Å². The van der Waals surface area contributed by atoms with Crippen molar-refractivity contribution in [2.75, 3.05) is 38.1 Å². The minimum atomic E-state index is -1.10. The van der Waals surface area contributed by atoms with Crippen LogP contribution < -0.4 is 10.6 Å². The average Bonchev–Trinajstić information content (AvgIpc) is 3.71. The number of fused-ring (bicyclic) bond motifs is 1. The molecule has 13 nitrogen and oxygen atoms in total. The zero-order valence-electron chi connectivity index (χ0n) is 29.3. The normalized spacial score (nSPS) is 23.0. The van der Waals surface area contributed by atoms with E-state index in [2.05, 4.69) is 25.1 Å². The Hall–Kier alpha value is -3.62. The van der Waals surface area contributed by atoms with Gasteiger partial charge in [0.25, 0.3) is 0 Å². The molecule has 2 saturated heterocycles. The maximum absolute atomic E-state index is 14.8. The fourth-order valence-corrected chi connectivity index (χ4v) is 8.02. The van der Waals surface area contributed by atoms with E-state index in [1.54, 1.807) is 32.6 Å². The standard InChI is InChI=1S/C35H51N7O6S/c1-6-48-26-17-25-19-41(27(21-40(25)20-26)31(44)37-32-28(38-39-49-32)23-13-9-7-10-14-23)33(45)29(24-15-11-8-12-16-24)36-30(43)22(2)18-42(34(46)47)35(3,4)5/h7,9-10,13-14,22,24-27,29H,6,8,11-12,15-21H2,1-5H3,(H,36,43)(H,37,44)(H,46,47)/t22-,25+,26+,27-,29-/m0/s1. The summed E-state index contributed by atoms with van der Waals surface area (Å²) >= 11 is 1.09. The minimum Gasteiger partial charge on any atom is -0.465 e. The number of nitrogens with zero attached hydrogens (tertiary/aromatic N) is 5. The van der Waals surface area contributed by atoms with Gasteiger partial charge in [0, 0.05) is 61.5 Å². The Morgan fingerprint density at radius 2 is 1.80 bits per heavy atom. The van der Waals surface area contributed by atoms with Gasteiger partial charge < -0.3 is 30.3 Å². The second-order valence-corrected chi connectivity index (χ2v) is 15.3. The van der Waals surface area contributed by atoms with Crippen molar-refractivity contribution in [3.8, 4) is 11.3 Å². The number of nitrogens with one attached hydrogen (secondary N) is 2. The zero-order chi connectivity index (χ0) is 35.3. The lowest BCUT2D eigenvalue weighted by Crippen LogP contribution is -2.65. The van der Waals surface area contributed by atoms with Crippen molar-refractivity contribution in [2.45, 2.75) is 103 Å². The molecular formula is C35H51N7O6S. The maximum Gasteiger partial charge on any atom is 0.407 e. The van der Waals surface area contributed by atoms with Crippen LogP contribution in [0.25, 0.3) is 11.3 Å². The summed E-state index contributed by atoms with van der Waals surface area (Å²) in [5.74, 6) is -1.77. The molecule has 14 heteroatoms. The number of benzene rings is 1. The van der Waals surface area contributed by atoms with Crippen LogP contribution in [0.1, 0.15) is 73.1 Å². The minimum absolute atomic E-state index is 0.00648. The van der Waals surface area contributed by atoms with Gasteiger partial charge in [0.05, 0.1) is 12.0 Å². The first-order chi connectivity index (χ1) is 23.4. The molecule has 0 bridgehead atoms. The maximum atomic E-state index is 14.8. The van der Waals surface area contributed by atoms with E-state index in [-0.39, 0.29) is 42.3 Å². The first-order valence-corrected chi connectivity index (χ1v) is 18.3. The average molecular weight is 698 g/mol. The predicted octanol–water partition coefficient (Wildman–Crippen LogP) is 4.31. The summed E-state index contributed by atoms with van der Waals surface area (Å²) in [5, 5.41) is 20.7. The third-order valence-corrected chi connectivity index (χ3v) is 10.7. The van der Waals surface area contributed by atoms with Crippen molar-refractivity contribution in [3.05, 3.63) is 30.3 Å². The molecule has 3 fully saturated rings. The molecule has 3 N–H and O–H groups in total. The molecule has 1 aliphatic carbocycles. The molecule has 1 aromatic carbocycles. The Labute approximate surface area is 292 Å². The third-order valence-electron chi connectivity index (χ3n) is 10.1. The molecule has 3 aliphatic rings. The molecule has 1 saturated carbocycles. The summed E-state index contributed by atoms with van der Waals surface area (Å²) in [6, 6.07) is 7.87. The van der Waals surface area contributed by atoms with Gasteiger partial charge in [-0.25, -0.2) is 4.79 Å². The molecule has 5 rings (SSSR count). The number of ether oxygens (including phenoxy) is 1. The summed E-state index contributed by atoms with van der Waals surface area (Å²) in [6.07, 6.45) is 4.20. The summed E-state index contributed by atoms with van der Waals surface area (Å²) in [4.78, 5) is 59.9. The summed E-state index contributed by atoms with van der Waals surface area (Å²) < 4.78 is 10.1. The van der Waals surface area contributed by atoms with E-state index in [1.165, 1.54) is 4.90 Å². The molecule has 5 atom stereocenters. The van der Waals surface area contributed by atoms with Gasteiger partial charge in [0.2, 0.25) is 17.7 Å². The number of amides is 4. The second kappa shape index (κ2) is 15.9. The number of carboxylic acid groups (broad SMARTS) is 1. The molecule has 0 unspecified atom stereocenters. The van der Waals surface area contributed by atoms with E-state index in [0.717, 1.165) is 55.6 Å². The molecule has 0 radical (unpaired) electrons. The quantitative estimate of drug-likeness (QED) is 0.311. The van der Waals surface area contributed by atoms with Gasteiger partial charge in [0.15, 0.2) is 0 Å². The Morgan fingerprint density at radius 1 is 1.08 bits per heavy atom. The van der Waals surface area contributed by atoms with Gasteiger partial charge in [-0.2, -0.15) is 0 Å². The molecule has 4 amide bonds. The second-order valence-electron chi connectivity index (χ2n) is 14.6. The van der Waals surface area contributed by atoms with Crippen LogP contribution in [0.4, 0.5) is 9.80 Å². The van der Waals surface area contributed by atoms with Crippen LogP contribution in [0, 0.1) is 11.8 Å². The largest absolute Gasteiger partial charge is 0.465 e. The van der Waals surface area contributed by atoms with Crippen LogP contribution in [-0.4, -0.2) is 116 Å². The van der Waals surface area contributed by atoms with E-state index < -0.39 is 29.6 Å². The van der Waals surface area contributed by atoms with Gasteiger partial charge in [-0.05, 0) is 52.9 Å². The summed E-state index contributed by atoms with van der Waals surface area (Å²) in [7, 11) is 0. The first kappa shape index (κ1) is 36.7. The van der Waals surface area contributed by atoms with E-state index in [4.69, 9.17) is 4.74 Å². The van der Waals surface area contributed by atoms with Crippen molar-refractivity contribution < 1.29 is 29.0 Å². The fourth-order valence-electron chi connectivity index (χ4n) is 7.42. The Bertz CT molecular complexity index is 1460. The van der Waals surface area contributed by atoms with Gasteiger partial charge >= 0.3 is 6.09 Å². The van der Waals surface area contributed by atoms with Gasteiger partial charge in [-0.1, -0.05) is 61.0 Å². The highest BCUT2D eigenvalue weighted by molar-refractivity contribution is 7.10. The van der Waals surface area contributed by atoms with Crippen molar-refractivity contribution >= 4 is 40.3 Å². The van der Waals surface area contributed by atoms with Gasteiger partial charge in [-0.15, -0.1) is 5.10 Å². The van der Waals surface area contributed by atoms with E-state index in [0.29, 0.717) is 36.9 Å². The monoisotopic (exact) mass is 697 g/mol. The molecule has 1 aromatic heterocycles.